The average molecular weight is 544 g/mol. The van der Waals surface area contributed by atoms with Gasteiger partial charge in [-0.2, -0.15) is 0 Å². The van der Waals surface area contributed by atoms with Crippen molar-refractivity contribution in [3.8, 4) is 5.69 Å². The summed E-state index contributed by atoms with van der Waals surface area (Å²) in [7, 11) is 0. The van der Waals surface area contributed by atoms with Gasteiger partial charge in [0.2, 0.25) is 6.23 Å². The zero-order chi connectivity index (χ0) is 28.0. The fraction of sp³-hybridized carbons (Fsp3) is 0.147. The molecule has 0 spiro atoms. The number of benzene rings is 2. The SMILES string of the molecule is N/C=C\OCC/C=C\C(=C/N)c1ccc2c3c(n(-c4ccccc4)c2c1)=CC(c1ccc(C2NC=CO2)nc1)CC=3. The molecule has 206 valence electrons. The molecular formula is C34H33N5O2. The van der Waals surface area contributed by atoms with Crippen LogP contribution in [0.15, 0.2) is 110 Å². The van der Waals surface area contributed by atoms with Crippen molar-refractivity contribution < 1.29 is 9.47 Å². The Kier molecular flexibility index (Phi) is 7.58. The van der Waals surface area contributed by atoms with Crippen LogP contribution in [0.1, 0.15) is 41.8 Å². The molecule has 7 nitrogen and oxygen atoms in total. The molecule has 3 heterocycles. The molecule has 41 heavy (non-hydrogen) atoms. The van der Waals surface area contributed by atoms with Crippen LogP contribution in [0.25, 0.3) is 34.3 Å². The molecule has 5 N–H and O–H groups in total. The lowest BCUT2D eigenvalue weighted by Gasteiger charge is -2.16. The molecule has 0 saturated heterocycles. The summed E-state index contributed by atoms with van der Waals surface area (Å²) in [5.74, 6) is 0.213. The molecule has 7 heteroatoms. The van der Waals surface area contributed by atoms with Crippen molar-refractivity contribution in [3.05, 3.63) is 138 Å². The first-order valence-corrected chi connectivity index (χ1v) is 13.8. The molecule has 2 aromatic heterocycles. The summed E-state index contributed by atoms with van der Waals surface area (Å²) in [6.45, 7) is 0.554. The van der Waals surface area contributed by atoms with E-state index in [0.29, 0.717) is 6.61 Å². The van der Waals surface area contributed by atoms with Gasteiger partial charge in [0.05, 0.1) is 23.7 Å². The number of nitrogens with one attached hydrogen (secondary N) is 1. The van der Waals surface area contributed by atoms with E-state index in [0.717, 1.165) is 40.9 Å². The number of allylic oxidation sites excluding steroid dienone is 2. The van der Waals surface area contributed by atoms with Crippen LogP contribution >= 0.6 is 0 Å². The van der Waals surface area contributed by atoms with Gasteiger partial charge in [0.25, 0.3) is 0 Å². The van der Waals surface area contributed by atoms with Gasteiger partial charge in [0.1, 0.15) is 12.0 Å². The van der Waals surface area contributed by atoms with E-state index < -0.39 is 0 Å². The molecule has 0 saturated carbocycles. The van der Waals surface area contributed by atoms with Crippen LogP contribution in [0.5, 0.6) is 0 Å². The third kappa shape index (κ3) is 5.34. The smallest absolute Gasteiger partial charge is 0.212 e. The highest BCUT2D eigenvalue weighted by Gasteiger charge is 2.19. The van der Waals surface area contributed by atoms with Gasteiger partial charge < -0.3 is 30.8 Å². The summed E-state index contributed by atoms with van der Waals surface area (Å²) in [4.78, 5) is 4.69. The van der Waals surface area contributed by atoms with Crippen LogP contribution in [-0.4, -0.2) is 16.2 Å². The standard InChI is InChI=1S/C34H33N5O2/c35-15-18-40-17-5-4-6-26(22-36)24-9-12-29-30-13-10-25(27-11-14-31(38-23-27)34-37-16-19-41-34)21-33(30)39(32(29)20-24)28-7-2-1-3-8-28/h1-4,6-9,11-16,18-23,25,34,37H,5,10,17,35-36H2/b6-4-,18-15-,26-22+. The normalized spacial score (nSPS) is 18.2. The predicted octanol–water partition coefficient (Wildman–Crippen LogP) is 4.56. The quantitative estimate of drug-likeness (QED) is 0.163. The largest absolute Gasteiger partial charge is 0.499 e. The Morgan fingerprint density at radius 3 is 2.78 bits per heavy atom. The van der Waals surface area contributed by atoms with Crippen LogP contribution in [0.2, 0.25) is 0 Å². The molecule has 0 bridgehead atoms. The zero-order valence-corrected chi connectivity index (χ0v) is 22.7. The van der Waals surface area contributed by atoms with Crippen LogP contribution < -0.4 is 27.4 Å². The molecule has 4 aromatic rings. The van der Waals surface area contributed by atoms with E-state index in [1.54, 1.807) is 18.7 Å². The summed E-state index contributed by atoms with van der Waals surface area (Å²) in [5.41, 5.74) is 17.7. The maximum atomic E-state index is 6.08. The first-order valence-electron chi connectivity index (χ1n) is 13.8. The summed E-state index contributed by atoms with van der Waals surface area (Å²) in [5, 5.41) is 6.81. The molecule has 2 unspecified atom stereocenters. The van der Waals surface area contributed by atoms with E-state index in [2.05, 4.69) is 76.6 Å². The fourth-order valence-electron chi connectivity index (χ4n) is 5.43. The summed E-state index contributed by atoms with van der Waals surface area (Å²) < 4.78 is 13.2. The van der Waals surface area contributed by atoms with Crippen LogP contribution in [-0.2, 0) is 9.47 Å². The molecule has 0 fully saturated rings. The van der Waals surface area contributed by atoms with Crippen molar-refractivity contribution in [2.24, 2.45) is 11.5 Å². The highest BCUT2D eigenvalue weighted by molar-refractivity contribution is 5.89. The third-order valence-electron chi connectivity index (χ3n) is 7.42. The Hall–Kier alpha value is -5.17. The molecule has 1 aliphatic heterocycles. The average Bonchev–Trinajstić information content (AvgIpc) is 3.67. The minimum Gasteiger partial charge on any atom is -0.499 e. The van der Waals surface area contributed by atoms with Gasteiger partial charge >= 0.3 is 0 Å². The van der Waals surface area contributed by atoms with E-state index >= 15 is 0 Å². The Morgan fingerprint density at radius 1 is 1.12 bits per heavy atom. The number of hydrogen-bond acceptors (Lipinski definition) is 6. The minimum atomic E-state index is -0.226. The lowest BCUT2D eigenvalue weighted by atomic mass is 9.92. The number of pyridine rings is 1. The first-order chi connectivity index (χ1) is 20.3. The maximum Gasteiger partial charge on any atom is 0.212 e. The van der Waals surface area contributed by atoms with Gasteiger partial charge in [-0.3, -0.25) is 4.98 Å². The summed E-state index contributed by atoms with van der Waals surface area (Å²) in [6.07, 6.45) is 20.2. The number of ether oxygens (including phenoxy) is 2. The van der Waals surface area contributed by atoms with Gasteiger partial charge in [-0.15, -0.1) is 0 Å². The number of aromatic nitrogens is 2. The third-order valence-corrected chi connectivity index (χ3v) is 7.42. The number of hydrogen-bond donors (Lipinski definition) is 3. The van der Waals surface area contributed by atoms with Gasteiger partial charge in [-0.1, -0.05) is 60.7 Å². The predicted molar refractivity (Wildman–Crippen MR) is 164 cm³/mol. The lowest BCUT2D eigenvalue weighted by Crippen LogP contribution is -2.32. The highest BCUT2D eigenvalue weighted by Crippen LogP contribution is 2.28. The number of nitrogens with zero attached hydrogens (tertiary/aromatic N) is 2. The number of fused-ring (bicyclic) bond motifs is 3. The summed E-state index contributed by atoms with van der Waals surface area (Å²) in [6, 6.07) is 21.3. The molecular weight excluding hydrogens is 510 g/mol. The van der Waals surface area contributed by atoms with Crippen molar-refractivity contribution in [1.82, 2.24) is 14.9 Å². The molecule has 2 aromatic carbocycles. The van der Waals surface area contributed by atoms with Gasteiger partial charge in [0.15, 0.2) is 0 Å². The van der Waals surface area contributed by atoms with Crippen molar-refractivity contribution in [2.75, 3.05) is 6.61 Å². The number of nitrogens with two attached hydrogens (primary N) is 2. The van der Waals surface area contributed by atoms with Crippen molar-refractivity contribution in [3.63, 3.8) is 0 Å². The van der Waals surface area contributed by atoms with Crippen LogP contribution in [0, 0.1) is 0 Å². The van der Waals surface area contributed by atoms with Gasteiger partial charge in [-0.05, 0) is 53.8 Å². The molecule has 0 amide bonds. The van der Waals surface area contributed by atoms with E-state index in [9.17, 15) is 0 Å². The van der Waals surface area contributed by atoms with E-state index in [-0.39, 0.29) is 12.1 Å². The Bertz CT molecular complexity index is 1760. The molecule has 1 aliphatic carbocycles. The summed E-state index contributed by atoms with van der Waals surface area (Å²) >= 11 is 0. The van der Waals surface area contributed by atoms with Crippen LogP contribution in [0.4, 0.5) is 0 Å². The monoisotopic (exact) mass is 543 g/mol. The van der Waals surface area contributed by atoms with E-state index in [1.165, 1.54) is 34.0 Å². The topological polar surface area (TPSA) is 100 Å². The Morgan fingerprint density at radius 2 is 2.02 bits per heavy atom. The second-order valence-electron chi connectivity index (χ2n) is 9.93. The highest BCUT2D eigenvalue weighted by atomic mass is 16.5. The van der Waals surface area contributed by atoms with Crippen molar-refractivity contribution >= 4 is 28.6 Å². The van der Waals surface area contributed by atoms with E-state index in [4.69, 9.17) is 25.9 Å². The van der Waals surface area contributed by atoms with E-state index in [1.807, 2.05) is 24.4 Å². The fourth-order valence-corrected chi connectivity index (χ4v) is 5.43. The maximum absolute atomic E-state index is 6.08. The molecule has 2 atom stereocenters. The molecule has 0 radical (unpaired) electrons. The number of para-hydroxylation sites is 1. The number of rotatable bonds is 9. The van der Waals surface area contributed by atoms with Gasteiger partial charge in [-0.25, -0.2) is 0 Å². The van der Waals surface area contributed by atoms with Crippen molar-refractivity contribution in [1.29, 1.82) is 0 Å². The Labute approximate surface area is 239 Å². The molecule has 6 rings (SSSR count). The Balaban J connectivity index is 1.39. The molecule has 2 aliphatic rings. The second kappa shape index (κ2) is 11.9. The first kappa shape index (κ1) is 26.1. The lowest BCUT2D eigenvalue weighted by molar-refractivity contribution is 0.150. The zero-order valence-electron chi connectivity index (χ0n) is 22.7. The van der Waals surface area contributed by atoms with Crippen LogP contribution in [0.3, 0.4) is 0 Å². The van der Waals surface area contributed by atoms with Crippen molar-refractivity contribution in [2.45, 2.75) is 25.0 Å². The minimum absolute atomic E-state index is 0.213. The second-order valence-corrected chi connectivity index (χ2v) is 9.93. The van der Waals surface area contributed by atoms with Gasteiger partial charge in [0, 0.05) is 47.0 Å².